The zero-order chi connectivity index (χ0) is 12.8. The Kier molecular flexibility index (Phi) is 6.20. The van der Waals surface area contributed by atoms with Crippen LogP contribution in [0.3, 0.4) is 0 Å². The van der Waals surface area contributed by atoms with Crippen LogP contribution in [0.2, 0.25) is 0 Å². The maximum atomic E-state index is 4.64. The average molecular weight is 302 g/mol. The second kappa shape index (κ2) is 7.17. The number of likely N-dealkylation sites (N-methyl/N-ethyl adjacent to an activating group) is 1. The Hall–Kier alpha value is -0.350. The number of aryl methyl sites for hydroxylation is 2. The fourth-order valence-electron chi connectivity index (χ4n) is 2.14. The maximum absolute atomic E-state index is 4.64. The van der Waals surface area contributed by atoms with Crippen LogP contribution >= 0.6 is 15.9 Å². The quantitative estimate of drug-likeness (QED) is 0.838. The topological polar surface area (TPSA) is 29.9 Å². The molecular weight excluding hydrogens is 278 g/mol. The van der Waals surface area contributed by atoms with Gasteiger partial charge in [-0.05, 0) is 42.7 Å². The van der Waals surface area contributed by atoms with Gasteiger partial charge in [0.25, 0.3) is 0 Å². The summed E-state index contributed by atoms with van der Waals surface area (Å²) in [7, 11) is 2.04. The van der Waals surface area contributed by atoms with Crippen LogP contribution in [-0.2, 0) is 19.4 Å². The molecular formula is C13H24BrN3. The summed E-state index contributed by atoms with van der Waals surface area (Å²) in [5.41, 5.74) is 2.50. The fourth-order valence-corrected chi connectivity index (χ4v) is 2.87. The van der Waals surface area contributed by atoms with Crippen molar-refractivity contribution < 1.29 is 0 Å². The average Bonchev–Trinajstić information content (AvgIpc) is 2.65. The van der Waals surface area contributed by atoms with Gasteiger partial charge in [0.2, 0.25) is 0 Å². The van der Waals surface area contributed by atoms with Crippen molar-refractivity contribution in [2.45, 2.75) is 59.0 Å². The normalized spacial score (nSPS) is 13.0. The third-order valence-corrected chi connectivity index (χ3v) is 4.09. The lowest BCUT2D eigenvalue weighted by Gasteiger charge is -2.16. The van der Waals surface area contributed by atoms with E-state index in [9.17, 15) is 0 Å². The van der Waals surface area contributed by atoms with Crippen molar-refractivity contribution in [1.29, 1.82) is 0 Å². The van der Waals surface area contributed by atoms with Crippen LogP contribution in [0, 0.1) is 0 Å². The molecule has 1 aromatic rings. The summed E-state index contributed by atoms with van der Waals surface area (Å²) < 4.78 is 3.33. The molecule has 1 unspecified atom stereocenters. The minimum absolute atomic E-state index is 0.544. The van der Waals surface area contributed by atoms with E-state index in [1.165, 1.54) is 28.7 Å². The van der Waals surface area contributed by atoms with E-state index in [0.29, 0.717) is 6.04 Å². The predicted molar refractivity (Wildman–Crippen MR) is 76.4 cm³/mol. The number of nitrogens with zero attached hydrogens (tertiary/aromatic N) is 2. The number of hydrogen-bond acceptors (Lipinski definition) is 2. The van der Waals surface area contributed by atoms with Gasteiger partial charge >= 0.3 is 0 Å². The molecule has 0 saturated carbocycles. The van der Waals surface area contributed by atoms with Gasteiger partial charge in [-0.15, -0.1) is 0 Å². The van der Waals surface area contributed by atoms with Crippen molar-refractivity contribution in [1.82, 2.24) is 15.1 Å². The Morgan fingerprint density at radius 1 is 1.35 bits per heavy atom. The summed E-state index contributed by atoms with van der Waals surface area (Å²) in [5.74, 6) is 0. The monoisotopic (exact) mass is 301 g/mol. The Bertz CT molecular complexity index is 347. The van der Waals surface area contributed by atoms with Crippen LogP contribution in [0.1, 0.15) is 45.0 Å². The third-order valence-electron chi connectivity index (χ3n) is 3.18. The first-order chi connectivity index (χ1) is 8.17. The molecule has 4 heteroatoms. The smallest absolute Gasteiger partial charge is 0.0766 e. The summed E-state index contributed by atoms with van der Waals surface area (Å²) >= 11 is 3.70. The van der Waals surface area contributed by atoms with E-state index >= 15 is 0 Å². The Balaban J connectivity index is 2.91. The van der Waals surface area contributed by atoms with Crippen LogP contribution in [0.5, 0.6) is 0 Å². The number of rotatable bonds is 7. The van der Waals surface area contributed by atoms with Gasteiger partial charge in [0.15, 0.2) is 0 Å². The van der Waals surface area contributed by atoms with E-state index in [4.69, 9.17) is 0 Å². The van der Waals surface area contributed by atoms with Gasteiger partial charge in [-0.25, -0.2) is 0 Å². The fraction of sp³-hybridized carbons (Fsp3) is 0.769. The molecule has 1 N–H and O–H groups in total. The molecule has 0 spiro atoms. The molecule has 17 heavy (non-hydrogen) atoms. The summed E-state index contributed by atoms with van der Waals surface area (Å²) in [5, 5.41) is 8.03. The van der Waals surface area contributed by atoms with E-state index in [2.05, 4.69) is 51.8 Å². The van der Waals surface area contributed by atoms with Gasteiger partial charge in [-0.1, -0.05) is 20.3 Å². The van der Waals surface area contributed by atoms with Crippen LogP contribution < -0.4 is 5.32 Å². The standard InChI is InChI=1S/C13H24BrN3/c1-5-8-10(15-4)9-12-13(14)11(6-2)16-17(12)7-3/h10,15H,5-9H2,1-4H3. The van der Waals surface area contributed by atoms with Crippen molar-refractivity contribution in [3.63, 3.8) is 0 Å². The largest absolute Gasteiger partial charge is 0.317 e. The number of nitrogens with one attached hydrogen (secondary N) is 1. The first-order valence-corrected chi connectivity index (χ1v) is 7.38. The molecule has 0 amide bonds. The molecule has 3 nitrogen and oxygen atoms in total. The van der Waals surface area contributed by atoms with Gasteiger partial charge in [0.1, 0.15) is 0 Å². The van der Waals surface area contributed by atoms with Crippen molar-refractivity contribution in [2.75, 3.05) is 7.05 Å². The van der Waals surface area contributed by atoms with Crippen molar-refractivity contribution in [2.24, 2.45) is 0 Å². The lowest BCUT2D eigenvalue weighted by Crippen LogP contribution is -2.28. The lowest BCUT2D eigenvalue weighted by molar-refractivity contribution is 0.488. The zero-order valence-electron chi connectivity index (χ0n) is 11.4. The second-order valence-corrected chi connectivity index (χ2v) is 5.15. The zero-order valence-corrected chi connectivity index (χ0v) is 13.0. The highest BCUT2D eigenvalue weighted by molar-refractivity contribution is 9.10. The molecule has 1 aromatic heterocycles. The highest BCUT2D eigenvalue weighted by atomic mass is 79.9. The van der Waals surface area contributed by atoms with Crippen LogP contribution in [0.15, 0.2) is 4.47 Å². The molecule has 0 aromatic carbocycles. The molecule has 0 aliphatic rings. The summed E-state index contributed by atoms with van der Waals surface area (Å²) in [6.07, 6.45) is 4.45. The number of hydrogen-bond donors (Lipinski definition) is 1. The molecule has 0 fully saturated rings. The summed E-state index contributed by atoms with van der Waals surface area (Å²) in [6, 6.07) is 0.544. The predicted octanol–water partition coefficient (Wildman–Crippen LogP) is 3.16. The second-order valence-electron chi connectivity index (χ2n) is 4.36. The number of aromatic nitrogens is 2. The first kappa shape index (κ1) is 14.7. The first-order valence-electron chi connectivity index (χ1n) is 6.59. The molecule has 0 saturated heterocycles. The molecule has 0 bridgehead atoms. The lowest BCUT2D eigenvalue weighted by atomic mass is 10.1. The SMILES string of the molecule is CCCC(Cc1c(Br)c(CC)nn1CC)NC. The van der Waals surface area contributed by atoms with Gasteiger partial charge in [-0.3, -0.25) is 4.68 Å². The molecule has 1 heterocycles. The van der Waals surface area contributed by atoms with E-state index in [1.807, 2.05) is 7.05 Å². The highest BCUT2D eigenvalue weighted by Gasteiger charge is 2.17. The van der Waals surface area contributed by atoms with Gasteiger partial charge < -0.3 is 5.32 Å². The van der Waals surface area contributed by atoms with Gasteiger partial charge in [-0.2, -0.15) is 5.10 Å². The molecule has 0 radical (unpaired) electrons. The van der Waals surface area contributed by atoms with E-state index in [-0.39, 0.29) is 0 Å². The molecule has 1 atom stereocenters. The van der Waals surface area contributed by atoms with Crippen molar-refractivity contribution in [3.8, 4) is 0 Å². The van der Waals surface area contributed by atoms with Gasteiger partial charge in [0, 0.05) is 19.0 Å². The molecule has 1 rings (SSSR count). The Morgan fingerprint density at radius 2 is 2.06 bits per heavy atom. The Morgan fingerprint density at radius 3 is 2.53 bits per heavy atom. The van der Waals surface area contributed by atoms with E-state index in [1.54, 1.807) is 0 Å². The Labute approximate surface area is 113 Å². The van der Waals surface area contributed by atoms with E-state index in [0.717, 1.165) is 19.4 Å². The van der Waals surface area contributed by atoms with Crippen LogP contribution in [0.4, 0.5) is 0 Å². The molecule has 98 valence electrons. The van der Waals surface area contributed by atoms with E-state index < -0.39 is 0 Å². The summed E-state index contributed by atoms with van der Waals surface area (Å²) in [6.45, 7) is 7.47. The van der Waals surface area contributed by atoms with Crippen LogP contribution in [-0.4, -0.2) is 22.9 Å². The van der Waals surface area contributed by atoms with Crippen LogP contribution in [0.25, 0.3) is 0 Å². The maximum Gasteiger partial charge on any atom is 0.0766 e. The molecule has 0 aliphatic heterocycles. The number of halogens is 1. The third kappa shape index (κ3) is 3.55. The minimum atomic E-state index is 0.544. The van der Waals surface area contributed by atoms with Crippen molar-refractivity contribution >= 4 is 15.9 Å². The van der Waals surface area contributed by atoms with Crippen molar-refractivity contribution in [3.05, 3.63) is 15.9 Å². The summed E-state index contributed by atoms with van der Waals surface area (Å²) in [4.78, 5) is 0. The van der Waals surface area contributed by atoms with Gasteiger partial charge in [0.05, 0.1) is 15.9 Å². The molecule has 0 aliphatic carbocycles. The minimum Gasteiger partial charge on any atom is -0.317 e. The highest BCUT2D eigenvalue weighted by Crippen LogP contribution is 2.24.